The summed E-state index contributed by atoms with van der Waals surface area (Å²) in [6.45, 7) is 1.49. The summed E-state index contributed by atoms with van der Waals surface area (Å²) in [5, 5.41) is 2.80. The van der Waals surface area contributed by atoms with Crippen molar-refractivity contribution in [2.24, 2.45) is 0 Å². The lowest BCUT2D eigenvalue weighted by Crippen LogP contribution is -2.13. The molecule has 0 fully saturated rings. The van der Waals surface area contributed by atoms with Gasteiger partial charge in [0, 0.05) is 0 Å². The molecule has 2 aromatic carbocycles. The Balaban J connectivity index is 1.76. The zero-order chi connectivity index (χ0) is 18.7. The number of hydrogen-bond donors (Lipinski definition) is 2. The molecular weight excluding hydrogens is 360 g/mol. The van der Waals surface area contributed by atoms with Crippen molar-refractivity contribution < 1.29 is 17.2 Å². The molecule has 3 rings (SSSR count). The standard InChI is InChI=1S/C18H15F2N3O2S/c1-12-10-14(7-8-15(12)19)26(24,25)23-13-6-9-18(21-11-13)22-17-5-3-2-4-16(17)20/h2-11,23H,1H3,(H,21,22). The number of aromatic nitrogens is 1. The first kappa shape index (κ1) is 17.8. The van der Waals surface area contributed by atoms with E-state index in [1.54, 1.807) is 18.2 Å². The summed E-state index contributed by atoms with van der Waals surface area (Å²) in [6, 6.07) is 12.7. The van der Waals surface area contributed by atoms with E-state index >= 15 is 0 Å². The molecule has 0 atom stereocenters. The molecule has 1 heterocycles. The number of halogens is 2. The second kappa shape index (κ2) is 7.09. The highest BCUT2D eigenvalue weighted by Crippen LogP contribution is 2.21. The third kappa shape index (κ3) is 3.97. The van der Waals surface area contributed by atoms with Crippen LogP contribution < -0.4 is 10.0 Å². The number of sulfonamides is 1. The van der Waals surface area contributed by atoms with Gasteiger partial charge in [-0.15, -0.1) is 0 Å². The third-order valence-electron chi connectivity index (χ3n) is 3.59. The minimum absolute atomic E-state index is 0.0510. The van der Waals surface area contributed by atoms with E-state index in [9.17, 15) is 17.2 Å². The second-order valence-electron chi connectivity index (χ2n) is 5.55. The van der Waals surface area contributed by atoms with E-state index in [1.165, 1.54) is 43.5 Å². The van der Waals surface area contributed by atoms with Gasteiger partial charge in [0.05, 0.1) is 22.5 Å². The van der Waals surface area contributed by atoms with Crippen molar-refractivity contribution in [1.82, 2.24) is 4.98 Å². The fraction of sp³-hybridized carbons (Fsp3) is 0.0556. The van der Waals surface area contributed by atoms with Gasteiger partial charge in [-0.05, 0) is 55.0 Å². The van der Waals surface area contributed by atoms with Crippen molar-refractivity contribution in [2.75, 3.05) is 10.0 Å². The Morgan fingerprint density at radius 3 is 2.38 bits per heavy atom. The van der Waals surface area contributed by atoms with Crippen LogP contribution >= 0.6 is 0 Å². The van der Waals surface area contributed by atoms with E-state index in [4.69, 9.17) is 0 Å². The topological polar surface area (TPSA) is 71.1 Å². The Morgan fingerprint density at radius 1 is 0.962 bits per heavy atom. The molecular formula is C18H15F2N3O2S. The van der Waals surface area contributed by atoms with E-state index in [1.807, 2.05) is 0 Å². The molecule has 2 N–H and O–H groups in total. The van der Waals surface area contributed by atoms with Gasteiger partial charge in [0.25, 0.3) is 10.0 Å². The molecule has 8 heteroatoms. The number of nitrogens with zero attached hydrogens (tertiary/aromatic N) is 1. The van der Waals surface area contributed by atoms with Gasteiger partial charge < -0.3 is 5.32 Å². The lowest BCUT2D eigenvalue weighted by atomic mass is 10.2. The molecule has 0 bridgehead atoms. The highest BCUT2D eigenvalue weighted by Gasteiger charge is 2.15. The number of aryl methyl sites for hydroxylation is 1. The highest BCUT2D eigenvalue weighted by molar-refractivity contribution is 7.92. The van der Waals surface area contributed by atoms with Crippen LogP contribution in [0.15, 0.2) is 65.7 Å². The van der Waals surface area contributed by atoms with Gasteiger partial charge in [0.15, 0.2) is 0 Å². The molecule has 0 aliphatic rings. The van der Waals surface area contributed by atoms with Crippen molar-refractivity contribution in [3.8, 4) is 0 Å². The smallest absolute Gasteiger partial charge is 0.261 e. The molecule has 26 heavy (non-hydrogen) atoms. The van der Waals surface area contributed by atoms with Crippen LogP contribution in [0.4, 0.5) is 26.0 Å². The first-order chi connectivity index (χ1) is 12.3. The monoisotopic (exact) mass is 375 g/mol. The van der Waals surface area contributed by atoms with Crippen LogP contribution in [0.2, 0.25) is 0 Å². The number of para-hydroxylation sites is 1. The molecule has 0 saturated carbocycles. The molecule has 0 aliphatic heterocycles. The van der Waals surface area contributed by atoms with E-state index in [0.717, 1.165) is 6.07 Å². The normalized spacial score (nSPS) is 11.2. The van der Waals surface area contributed by atoms with Crippen molar-refractivity contribution in [3.05, 3.63) is 78.0 Å². The minimum Gasteiger partial charge on any atom is -0.338 e. The van der Waals surface area contributed by atoms with Gasteiger partial charge in [0.2, 0.25) is 0 Å². The average molecular weight is 375 g/mol. The van der Waals surface area contributed by atoms with Crippen LogP contribution in [0.5, 0.6) is 0 Å². The van der Waals surface area contributed by atoms with Crippen molar-refractivity contribution in [1.29, 1.82) is 0 Å². The number of nitrogens with one attached hydrogen (secondary N) is 2. The van der Waals surface area contributed by atoms with Crippen LogP contribution in [0, 0.1) is 18.6 Å². The maximum atomic E-state index is 13.6. The predicted octanol–water partition coefficient (Wildman–Crippen LogP) is 4.21. The number of benzene rings is 2. The Bertz CT molecular complexity index is 1040. The van der Waals surface area contributed by atoms with Crippen molar-refractivity contribution in [3.63, 3.8) is 0 Å². The average Bonchev–Trinajstić information content (AvgIpc) is 2.60. The lowest BCUT2D eigenvalue weighted by Gasteiger charge is -2.10. The molecule has 1 aromatic heterocycles. The van der Waals surface area contributed by atoms with Gasteiger partial charge in [-0.2, -0.15) is 0 Å². The quantitative estimate of drug-likeness (QED) is 0.701. The summed E-state index contributed by atoms with van der Waals surface area (Å²) in [5.41, 5.74) is 0.719. The minimum atomic E-state index is -3.87. The maximum Gasteiger partial charge on any atom is 0.261 e. The van der Waals surface area contributed by atoms with Crippen molar-refractivity contribution >= 4 is 27.2 Å². The van der Waals surface area contributed by atoms with Crippen LogP contribution in [0.1, 0.15) is 5.56 Å². The molecule has 0 radical (unpaired) electrons. The summed E-state index contributed by atoms with van der Waals surface area (Å²) in [7, 11) is -3.87. The Hall–Kier alpha value is -3.00. The van der Waals surface area contributed by atoms with Crippen LogP contribution in [-0.4, -0.2) is 13.4 Å². The summed E-state index contributed by atoms with van der Waals surface area (Å²) < 4.78 is 54.0. The van der Waals surface area contributed by atoms with Gasteiger partial charge in [-0.1, -0.05) is 12.1 Å². The van der Waals surface area contributed by atoms with E-state index < -0.39 is 21.7 Å². The van der Waals surface area contributed by atoms with Gasteiger partial charge in [-0.25, -0.2) is 22.2 Å². The van der Waals surface area contributed by atoms with E-state index in [0.29, 0.717) is 5.82 Å². The zero-order valence-electron chi connectivity index (χ0n) is 13.7. The molecule has 0 spiro atoms. The Morgan fingerprint density at radius 2 is 1.73 bits per heavy atom. The van der Waals surface area contributed by atoms with Gasteiger partial charge in [0.1, 0.15) is 17.5 Å². The number of anilines is 3. The molecule has 0 amide bonds. The maximum absolute atomic E-state index is 13.6. The van der Waals surface area contributed by atoms with E-state index in [2.05, 4.69) is 15.0 Å². The van der Waals surface area contributed by atoms with Crippen LogP contribution in [0.3, 0.4) is 0 Å². The van der Waals surface area contributed by atoms with Gasteiger partial charge >= 0.3 is 0 Å². The molecule has 0 saturated heterocycles. The summed E-state index contributed by atoms with van der Waals surface area (Å²) in [5.74, 6) is -0.546. The fourth-order valence-corrected chi connectivity index (χ4v) is 3.36. The first-order valence-electron chi connectivity index (χ1n) is 7.62. The number of pyridine rings is 1. The lowest BCUT2D eigenvalue weighted by molar-refractivity contribution is 0.598. The predicted molar refractivity (Wildman–Crippen MR) is 95.9 cm³/mol. The van der Waals surface area contributed by atoms with Gasteiger partial charge in [-0.3, -0.25) is 4.72 Å². The molecule has 0 unspecified atom stereocenters. The highest BCUT2D eigenvalue weighted by atomic mass is 32.2. The molecule has 5 nitrogen and oxygen atoms in total. The summed E-state index contributed by atoms with van der Waals surface area (Å²) in [4.78, 5) is 4.01. The summed E-state index contributed by atoms with van der Waals surface area (Å²) in [6.07, 6.45) is 1.30. The SMILES string of the molecule is Cc1cc(S(=O)(=O)Nc2ccc(Nc3ccccc3F)nc2)ccc1F. The molecule has 0 aliphatic carbocycles. The third-order valence-corrected chi connectivity index (χ3v) is 4.97. The van der Waals surface area contributed by atoms with E-state index in [-0.39, 0.29) is 21.8 Å². The number of rotatable bonds is 5. The molecule has 3 aromatic rings. The fourth-order valence-electron chi connectivity index (χ4n) is 2.23. The first-order valence-corrected chi connectivity index (χ1v) is 9.10. The zero-order valence-corrected chi connectivity index (χ0v) is 14.5. The second-order valence-corrected chi connectivity index (χ2v) is 7.24. The Labute approximate surface area is 149 Å². The number of hydrogen-bond acceptors (Lipinski definition) is 4. The van der Waals surface area contributed by atoms with Crippen molar-refractivity contribution in [2.45, 2.75) is 11.8 Å². The Kier molecular flexibility index (Phi) is 4.85. The van der Waals surface area contributed by atoms with Crippen LogP contribution in [-0.2, 0) is 10.0 Å². The summed E-state index contributed by atoms with van der Waals surface area (Å²) >= 11 is 0. The van der Waals surface area contributed by atoms with Crippen LogP contribution in [0.25, 0.3) is 0 Å². The largest absolute Gasteiger partial charge is 0.338 e. The molecule has 134 valence electrons.